The SMILES string of the molecule is CNCc1ccc(F)c(CN(C)Cc2nccn2C)c1. The van der Waals surface area contributed by atoms with Gasteiger partial charge in [0.1, 0.15) is 11.6 Å². The minimum absolute atomic E-state index is 0.156. The van der Waals surface area contributed by atoms with Crippen LogP contribution < -0.4 is 5.32 Å². The van der Waals surface area contributed by atoms with Crippen LogP contribution >= 0.6 is 0 Å². The Morgan fingerprint density at radius 1 is 1.35 bits per heavy atom. The van der Waals surface area contributed by atoms with E-state index in [4.69, 9.17) is 0 Å². The first-order valence-corrected chi connectivity index (χ1v) is 6.67. The van der Waals surface area contributed by atoms with Gasteiger partial charge in [0.2, 0.25) is 0 Å². The Bertz CT molecular complexity index is 565. The third-order valence-electron chi connectivity index (χ3n) is 3.26. The van der Waals surface area contributed by atoms with Crippen LogP contribution in [0.15, 0.2) is 30.6 Å². The standard InChI is InChI=1S/C15H21FN4/c1-17-9-12-4-5-14(16)13(8-12)10-19(2)11-15-18-6-7-20(15)3/h4-8,17H,9-11H2,1-3H3. The number of nitrogens with one attached hydrogen (secondary N) is 1. The van der Waals surface area contributed by atoms with Crippen molar-refractivity contribution < 1.29 is 4.39 Å². The highest BCUT2D eigenvalue weighted by Crippen LogP contribution is 2.14. The molecule has 2 aromatic rings. The van der Waals surface area contributed by atoms with Gasteiger partial charge >= 0.3 is 0 Å². The fraction of sp³-hybridized carbons (Fsp3) is 0.400. The summed E-state index contributed by atoms with van der Waals surface area (Å²) in [6.07, 6.45) is 3.69. The number of halogens is 1. The first-order valence-electron chi connectivity index (χ1n) is 6.67. The minimum Gasteiger partial charge on any atom is -0.337 e. The van der Waals surface area contributed by atoms with Gasteiger partial charge in [0.05, 0.1) is 6.54 Å². The molecule has 0 aliphatic heterocycles. The molecule has 0 aliphatic carbocycles. The maximum atomic E-state index is 13.9. The van der Waals surface area contributed by atoms with Crippen molar-refractivity contribution in [2.45, 2.75) is 19.6 Å². The monoisotopic (exact) mass is 276 g/mol. The zero-order valence-electron chi connectivity index (χ0n) is 12.2. The molecule has 1 N–H and O–H groups in total. The Morgan fingerprint density at radius 2 is 2.15 bits per heavy atom. The van der Waals surface area contributed by atoms with E-state index in [0.29, 0.717) is 13.1 Å². The summed E-state index contributed by atoms with van der Waals surface area (Å²) in [6.45, 7) is 2.01. The van der Waals surface area contributed by atoms with Crippen molar-refractivity contribution in [1.82, 2.24) is 19.8 Å². The Hall–Kier alpha value is -1.72. The number of aromatic nitrogens is 2. The molecule has 0 unspecified atom stereocenters. The van der Waals surface area contributed by atoms with Gasteiger partial charge in [-0.3, -0.25) is 4.90 Å². The van der Waals surface area contributed by atoms with Crippen LogP contribution in [-0.2, 0) is 26.7 Å². The van der Waals surface area contributed by atoms with Crippen LogP contribution in [0.5, 0.6) is 0 Å². The average molecular weight is 276 g/mol. The molecule has 108 valence electrons. The topological polar surface area (TPSA) is 33.1 Å². The summed E-state index contributed by atoms with van der Waals surface area (Å²) in [4.78, 5) is 6.34. The summed E-state index contributed by atoms with van der Waals surface area (Å²) >= 11 is 0. The third-order valence-corrected chi connectivity index (χ3v) is 3.26. The van der Waals surface area contributed by atoms with E-state index < -0.39 is 0 Å². The summed E-state index contributed by atoms with van der Waals surface area (Å²) in [5.41, 5.74) is 1.81. The molecule has 0 saturated carbocycles. The van der Waals surface area contributed by atoms with E-state index in [1.54, 1.807) is 6.20 Å². The van der Waals surface area contributed by atoms with Gasteiger partial charge in [-0.25, -0.2) is 9.37 Å². The molecule has 20 heavy (non-hydrogen) atoms. The zero-order valence-corrected chi connectivity index (χ0v) is 12.2. The quantitative estimate of drug-likeness (QED) is 0.875. The molecule has 4 nitrogen and oxygen atoms in total. The molecule has 1 aromatic heterocycles. The normalized spacial score (nSPS) is 11.2. The predicted molar refractivity (Wildman–Crippen MR) is 77.5 cm³/mol. The van der Waals surface area contributed by atoms with Gasteiger partial charge in [-0.2, -0.15) is 0 Å². The molecule has 0 amide bonds. The van der Waals surface area contributed by atoms with Gasteiger partial charge in [-0.15, -0.1) is 0 Å². The van der Waals surface area contributed by atoms with Crippen molar-refractivity contribution in [3.63, 3.8) is 0 Å². The summed E-state index contributed by atoms with van der Waals surface area (Å²) in [7, 11) is 5.82. The van der Waals surface area contributed by atoms with Crippen molar-refractivity contribution in [3.8, 4) is 0 Å². The lowest BCUT2D eigenvalue weighted by Gasteiger charge is -2.17. The van der Waals surface area contributed by atoms with Crippen molar-refractivity contribution in [2.75, 3.05) is 14.1 Å². The maximum Gasteiger partial charge on any atom is 0.127 e. The highest BCUT2D eigenvalue weighted by atomic mass is 19.1. The first kappa shape index (κ1) is 14.7. The fourth-order valence-corrected chi connectivity index (χ4v) is 2.20. The smallest absolute Gasteiger partial charge is 0.127 e. The Labute approximate surface area is 119 Å². The van der Waals surface area contributed by atoms with Crippen LogP contribution in [0.1, 0.15) is 17.0 Å². The first-order chi connectivity index (χ1) is 9.60. The maximum absolute atomic E-state index is 13.9. The van der Waals surface area contributed by atoms with Crippen molar-refractivity contribution in [3.05, 3.63) is 53.4 Å². The molecule has 0 bridgehead atoms. The van der Waals surface area contributed by atoms with E-state index in [1.165, 1.54) is 6.07 Å². The lowest BCUT2D eigenvalue weighted by atomic mass is 10.1. The molecule has 0 saturated heterocycles. The zero-order chi connectivity index (χ0) is 14.5. The van der Waals surface area contributed by atoms with Gasteiger partial charge in [0.25, 0.3) is 0 Å². The molecule has 2 rings (SSSR count). The Kier molecular flexibility index (Phi) is 4.87. The summed E-state index contributed by atoms with van der Waals surface area (Å²) in [5, 5.41) is 3.08. The molecule has 0 aliphatic rings. The fourth-order valence-electron chi connectivity index (χ4n) is 2.20. The average Bonchev–Trinajstić information content (AvgIpc) is 2.79. The van der Waals surface area contributed by atoms with E-state index in [0.717, 1.165) is 23.5 Å². The highest BCUT2D eigenvalue weighted by molar-refractivity contribution is 5.25. The largest absolute Gasteiger partial charge is 0.337 e. The second-order valence-electron chi connectivity index (χ2n) is 5.08. The predicted octanol–water partition coefficient (Wildman–Crippen LogP) is 1.91. The van der Waals surface area contributed by atoms with Crippen LogP contribution in [0.3, 0.4) is 0 Å². The van der Waals surface area contributed by atoms with Crippen molar-refractivity contribution in [2.24, 2.45) is 7.05 Å². The van der Waals surface area contributed by atoms with Crippen LogP contribution in [0.25, 0.3) is 0 Å². The van der Waals surface area contributed by atoms with Gasteiger partial charge in [0.15, 0.2) is 0 Å². The van der Waals surface area contributed by atoms with E-state index in [1.807, 2.05) is 44.0 Å². The summed E-state index contributed by atoms with van der Waals surface area (Å²) in [5.74, 6) is 0.816. The Balaban J connectivity index is 2.05. The van der Waals surface area contributed by atoms with Crippen molar-refractivity contribution in [1.29, 1.82) is 0 Å². The molecule has 0 fully saturated rings. The molecule has 5 heteroatoms. The highest BCUT2D eigenvalue weighted by Gasteiger charge is 2.09. The minimum atomic E-state index is -0.156. The van der Waals surface area contributed by atoms with E-state index in [-0.39, 0.29) is 5.82 Å². The van der Waals surface area contributed by atoms with E-state index in [9.17, 15) is 4.39 Å². The molecule has 1 aromatic carbocycles. The van der Waals surface area contributed by atoms with Crippen LogP contribution in [0.4, 0.5) is 4.39 Å². The van der Waals surface area contributed by atoms with Crippen LogP contribution in [-0.4, -0.2) is 28.5 Å². The Morgan fingerprint density at radius 3 is 2.80 bits per heavy atom. The number of rotatable bonds is 6. The number of hydrogen-bond donors (Lipinski definition) is 1. The molecule has 0 atom stereocenters. The second kappa shape index (κ2) is 6.63. The number of nitrogens with zero attached hydrogens (tertiary/aromatic N) is 3. The second-order valence-corrected chi connectivity index (χ2v) is 5.08. The lowest BCUT2D eigenvalue weighted by molar-refractivity contribution is 0.302. The van der Waals surface area contributed by atoms with Gasteiger partial charge < -0.3 is 9.88 Å². The van der Waals surface area contributed by atoms with E-state index in [2.05, 4.69) is 15.2 Å². The summed E-state index contributed by atoms with van der Waals surface area (Å²) < 4.78 is 15.8. The van der Waals surface area contributed by atoms with E-state index >= 15 is 0 Å². The number of hydrogen-bond acceptors (Lipinski definition) is 3. The lowest BCUT2D eigenvalue weighted by Crippen LogP contribution is -2.20. The van der Waals surface area contributed by atoms with Crippen LogP contribution in [0.2, 0.25) is 0 Å². The summed E-state index contributed by atoms with van der Waals surface area (Å²) in [6, 6.07) is 5.27. The number of imidazole rings is 1. The molecular formula is C15H21FN4. The van der Waals surface area contributed by atoms with Crippen molar-refractivity contribution >= 4 is 0 Å². The van der Waals surface area contributed by atoms with Gasteiger partial charge in [-0.1, -0.05) is 12.1 Å². The van der Waals surface area contributed by atoms with Gasteiger partial charge in [-0.05, 0) is 25.7 Å². The molecular weight excluding hydrogens is 255 g/mol. The van der Waals surface area contributed by atoms with Crippen LogP contribution in [0, 0.1) is 5.82 Å². The number of aryl methyl sites for hydroxylation is 1. The molecule has 0 spiro atoms. The van der Waals surface area contributed by atoms with Gasteiger partial charge in [0, 0.05) is 38.1 Å². The third kappa shape index (κ3) is 3.65. The number of benzene rings is 1. The molecule has 1 heterocycles. The molecule has 0 radical (unpaired) electrons.